The zero-order valence-electron chi connectivity index (χ0n) is 14.9. The molecule has 1 saturated carbocycles. The molecule has 1 aliphatic carbocycles. The molecule has 2 aromatic rings. The van der Waals surface area contributed by atoms with Gasteiger partial charge in [-0.1, -0.05) is 37.6 Å². The van der Waals surface area contributed by atoms with E-state index in [1.165, 1.54) is 6.07 Å². The van der Waals surface area contributed by atoms with E-state index >= 15 is 0 Å². The lowest BCUT2D eigenvalue weighted by Gasteiger charge is -2.11. The predicted octanol–water partition coefficient (Wildman–Crippen LogP) is 4.29. The largest absolute Gasteiger partial charge is 0.384 e. The van der Waals surface area contributed by atoms with Gasteiger partial charge in [-0.25, -0.2) is 17.9 Å². The van der Waals surface area contributed by atoms with Crippen molar-refractivity contribution in [3.63, 3.8) is 0 Å². The van der Waals surface area contributed by atoms with Gasteiger partial charge in [-0.2, -0.15) is 0 Å². The SMILES string of the molecule is Cc1cc(F)c(Cl)cc1NC[C@@H]1[C@@H](c2ccc(S(N)(=O)=O)cc2)C1(C)C. The van der Waals surface area contributed by atoms with Crippen molar-refractivity contribution < 1.29 is 12.8 Å². The second-order valence-electron chi connectivity index (χ2n) is 7.48. The van der Waals surface area contributed by atoms with Gasteiger partial charge in [0.25, 0.3) is 0 Å². The van der Waals surface area contributed by atoms with Crippen molar-refractivity contribution in [1.29, 1.82) is 0 Å². The molecule has 3 N–H and O–H groups in total. The number of hydrogen-bond acceptors (Lipinski definition) is 3. The minimum absolute atomic E-state index is 0.0772. The van der Waals surface area contributed by atoms with Crippen molar-refractivity contribution in [2.75, 3.05) is 11.9 Å². The number of aryl methyl sites for hydroxylation is 1. The van der Waals surface area contributed by atoms with Crippen LogP contribution in [-0.4, -0.2) is 15.0 Å². The lowest BCUT2D eigenvalue weighted by molar-refractivity contribution is 0.565. The minimum atomic E-state index is -3.68. The van der Waals surface area contributed by atoms with Crippen LogP contribution in [0.2, 0.25) is 5.02 Å². The van der Waals surface area contributed by atoms with Crippen molar-refractivity contribution in [3.8, 4) is 0 Å². The summed E-state index contributed by atoms with van der Waals surface area (Å²) in [6.45, 7) is 6.92. The van der Waals surface area contributed by atoms with Crippen molar-refractivity contribution in [3.05, 3.63) is 58.4 Å². The van der Waals surface area contributed by atoms with Gasteiger partial charge in [0, 0.05) is 12.2 Å². The highest BCUT2D eigenvalue weighted by Crippen LogP contribution is 2.64. The molecule has 4 nitrogen and oxygen atoms in total. The van der Waals surface area contributed by atoms with E-state index in [9.17, 15) is 12.8 Å². The molecule has 1 fully saturated rings. The molecular weight excluding hydrogens is 375 g/mol. The van der Waals surface area contributed by atoms with Crippen molar-refractivity contribution in [2.24, 2.45) is 16.5 Å². The van der Waals surface area contributed by atoms with Crippen LogP contribution in [0.3, 0.4) is 0 Å². The molecule has 0 amide bonds. The van der Waals surface area contributed by atoms with Gasteiger partial charge in [-0.15, -0.1) is 0 Å². The normalized spacial score (nSPS) is 21.5. The van der Waals surface area contributed by atoms with Crippen LogP contribution < -0.4 is 10.5 Å². The summed E-state index contributed by atoms with van der Waals surface area (Å²) in [6.07, 6.45) is 0. The summed E-state index contributed by atoms with van der Waals surface area (Å²) in [5.74, 6) is 0.251. The smallest absolute Gasteiger partial charge is 0.238 e. The molecule has 7 heteroatoms. The molecule has 26 heavy (non-hydrogen) atoms. The fourth-order valence-corrected chi connectivity index (χ4v) is 4.39. The minimum Gasteiger partial charge on any atom is -0.384 e. The third kappa shape index (κ3) is 3.59. The van der Waals surface area contributed by atoms with E-state index < -0.39 is 15.8 Å². The molecule has 3 rings (SSSR count). The van der Waals surface area contributed by atoms with Crippen molar-refractivity contribution in [2.45, 2.75) is 31.6 Å². The number of nitrogens with two attached hydrogens (primary N) is 1. The Hall–Kier alpha value is -1.63. The average Bonchev–Trinajstić information content (AvgIpc) is 3.10. The summed E-state index contributed by atoms with van der Waals surface area (Å²) in [7, 11) is -3.68. The summed E-state index contributed by atoms with van der Waals surface area (Å²) in [5, 5.41) is 8.62. The highest BCUT2D eigenvalue weighted by Gasteiger charge is 2.57. The van der Waals surface area contributed by atoms with Gasteiger partial charge < -0.3 is 5.32 Å². The van der Waals surface area contributed by atoms with E-state index in [-0.39, 0.29) is 15.3 Å². The number of anilines is 1. The second kappa shape index (κ2) is 6.51. The molecule has 2 aromatic carbocycles. The van der Waals surface area contributed by atoms with Gasteiger partial charge in [0.15, 0.2) is 0 Å². The van der Waals surface area contributed by atoms with Crippen LogP contribution >= 0.6 is 11.6 Å². The first-order chi connectivity index (χ1) is 12.0. The van der Waals surface area contributed by atoms with Crippen LogP contribution in [0.15, 0.2) is 41.3 Å². The van der Waals surface area contributed by atoms with Crippen LogP contribution in [0.25, 0.3) is 0 Å². The van der Waals surface area contributed by atoms with Crippen LogP contribution in [0.5, 0.6) is 0 Å². The van der Waals surface area contributed by atoms with Gasteiger partial charge in [-0.05, 0) is 59.6 Å². The summed E-state index contributed by atoms with van der Waals surface area (Å²) in [4.78, 5) is 0.117. The van der Waals surface area contributed by atoms with E-state index in [1.807, 2.05) is 19.1 Å². The maximum atomic E-state index is 13.5. The number of nitrogens with one attached hydrogen (secondary N) is 1. The molecule has 0 aliphatic heterocycles. The lowest BCUT2D eigenvalue weighted by atomic mass is 10.0. The highest BCUT2D eigenvalue weighted by atomic mass is 35.5. The number of halogens is 2. The molecule has 0 aromatic heterocycles. The Morgan fingerprint density at radius 1 is 1.23 bits per heavy atom. The van der Waals surface area contributed by atoms with Crippen molar-refractivity contribution in [1.82, 2.24) is 0 Å². The third-order valence-electron chi connectivity index (χ3n) is 5.40. The Morgan fingerprint density at radius 2 is 1.85 bits per heavy atom. The number of sulfonamides is 1. The van der Waals surface area contributed by atoms with E-state index in [1.54, 1.807) is 18.2 Å². The molecule has 0 saturated heterocycles. The Bertz CT molecular complexity index is 943. The first-order valence-electron chi connectivity index (χ1n) is 8.34. The topological polar surface area (TPSA) is 72.2 Å². The van der Waals surface area contributed by atoms with E-state index in [2.05, 4.69) is 19.2 Å². The monoisotopic (exact) mass is 396 g/mol. The quantitative estimate of drug-likeness (QED) is 0.791. The zero-order valence-corrected chi connectivity index (χ0v) is 16.5. The summed E-state index contributed by atoms with van der Waals surface area (Å²) >= 11 is 5.87. The Morgan fingerprint density at radius 3 is 2.42 bits per heavy atom. The van der Waals surface area contributed by atoms with E-state index in [0.29, 0.717) is 11.8 Å². The van der Waals surface area contributed by atoms with Crippen LogP contribution in [-0.2, 0) is 10.0 Å². The third-order valence-corrected chi connectivity index (χ3v) is 6.62. The summed E-state index contributed by atoms with van der Waals surface area (Å²) in [6, 6.07) is 9.78. The molecule has 0 unspecified atom stereocenters. The maximum Gasteiger partial charge on any atom is 0.238 e. The van der Waals surface area contributed by atoms with Gasteiger partial charge in [0.1, 0.15) is 5.82 Å². The lowest BCUT2D eigenvalue weighted by Crippen LogP contribution is -2.11. The first kappa shape index (κ1) is 19.1. The zero-order chi connectivity index (χ0) is 19.3. The van der Waals surface area contributed by atoms with Gasteiger partial charge >= 0.3 is 0 Å². The predicted molar refractivity (Wildman–Crippen MR) is 102 cm³/mol. The average molecular weight is 397 g/mol. The second-order valence-corrected chi connectivity index (χ2v) is 9.45. The van der Waals surface area contributed by atoms with Crippen LogP contribution in [0.4, 0.5) is 10.1 Å². The van der Waals surface area contributed by atoms with Gasteiger partial charge in [0.2, 0.25) is 10.0 Å². The summed E-state index contributed by atoms with van der Waals surface area (Å²) < 4.78 is 36.3. The maximum absolute atomic E-state index is 13.5. The molecule has 0 bridgehead atoms. The highest BCUT2D eigenvalue weighted by molar-refractivity contribution is 7.89. The molecular formula is C19H22ClFN2O2S. The standard InChI is InChI=1S/C19H22ClFN2O2S/c1-11-8-16(21)15(20)9-17(11)23-10-14-18(19(14,2)3)12-4-6-13(7-5-12)26(22,24)25/h4-9,14,18,23H,10H2,1-3H3,(H2,22,24,25)/t14-,18-/m1/s1. The Kier molecular flexibility index (Phi) is 4.80. The van der Waals surface area contributed by atoms with E-state index in [4.69, 9.17) is 16.7 Å². The van der Waals surface area contributed by atoms with Crippen LogP contribution in [0, 0.1) is 24.1 Å². The van der Waals surface area contributed by atoms with Crippen LogP contribution in [0.1, 0.15) is 30.9 Å². The Labute approximate surface area is 158 Å². The Balaban J connectivity index is 1.73. The molecule has 140 valence electrons. The fourth-order valence-electron chi connectivity index (χ4n) is 3.71. The number of hydrogen-bond donors (Lipinski definition) is 2. The number of rotatable bonds is 5. The number of primary sulfonamides is 1. The van der Waals surface area contributed by atoms with Gasteiger partial charge in [-0.3, -0.25) is 0 Å². The summed E-state index contributed by atoms with van der Waals surface area (Å²) in [5.41, 5.74) is 2.79. The molecule has 0 radical (unpaired) electrons. The molecule has 0 spiro atoms. The molecule has 1 aliphatic rings. The fraction of sp³-hybridized carbons (Fsp3) is 0.368. The number of benzene rings is 2. The molecule has 0 heterocycles. The first-order valence-corrected chi connectivity index (χ1v) is 10.3. The van der Waals surface area contributed by atoms with E-state index in [0.717, 1.165) is 23.4 Å². The van der Waals surface area contributed by atoms with Gasteiger partial charge in [0.05, 0.1) is 9.92 Å². The molecule has 2 atom stereocenters. The van der Waals surface area contributed by atoms with Crippen molar-refractivity contribution >= 4 is 27.3 Å².